The van der Waals surface area contributed by atoms with Crippen molar-refractivity contribution >= 4 is 34.7 Å². The second-order valence-electron chi connectivity index (χ2n) is 6.97. The molecule has 3 rings (SSSR count). The first-order chi connectivity index (χ1) is 14.8. The van der Waals surface area contributed by atoms with Gasteiger partial charge in [-0.3, -0.25) is 19.3 Å². The predicted octanol–water partition coefficient (Wildman–Crippen LogP) is 2.07. The Labute approximate surface area is 180 Å². The molecule has 11 heteroatoms. The number of hydrogen-bond acceptors (Lipinski definition) is 5. The lowest BCUT2D eigenvalue weighted by atomic mass is 10.2. The number of nitrogens with zero attached hydrogens (tertiary/aromatic N) is 2. The lowest BCUT2D eigenvalue weighted by molar-refractivity contribution is -0.128. The first-order valence-electron chi connectivity index (χ1n) is 9.56. The van der Waals surface area contributed by atoms with E-state index in [4.69, 9.17) is 0 Å². The molecule has 1 fully saturated rings. The molecule has 1 aliphatic rings. The molecule has 0 spiro atoms. The molecule has 31 heavy (non-hydrogen) atoms. The van der Waals surface area contributed by atoms with Crippen LogP contribution in [0.25, 0.3) is 0 Å². The van der Waals surface area contributed by atoms with Gasteiger partial charge in [0.1, 0.15) is 0 Å². The molecule has 3 amide bonds. The van der Waals surface area contributed by atoms with Gasteiger partial charge in [-0.05, 0) is 30.5 Å². The van der Waals surface area contributed by atoms with Crippen molar-refractivity contribution in [2.75, 3.05) is 38.0 Å². The molecule has 1 saturated heterocycles. The van der Waals surface area contributed by atoms with Crippen molar-refractivity contribution in [1.29, 1.82) is 0 Å². The summed E-state index contributed by atoms with van der Waals surface area (Å²) < 4.78 is 39.8. The van der Waals surface area contributed by atoms with Gasteiger partial charge in [-0.1, -0.05) is 6.07 Å². The average molecular weight is 454 g/mol. The maximum atomic E-state index is 13.6. The topological polar surface area (TPSA) is 81.8 Å². The SMILES string of the molecule is C[C@@H](C(=O)NCC(=O)Nc1ccc(F)c(F)c1F)N1CCN(C(=O)c2cccs2)CC1. The molecular formula is C20H21F3N4O3S. The van der Waals surface area contributed by atoms with Crippen LogP contribution in [0.4, 0.5) is 18.9 Å². The Hall–Kier alpha value is -2.92. The largest absolute Gasteiger partial charge is 0.346 e. The smallest absolute Gasteiger partial charge is 0.264 e. The van der Waals surface area contributed by atoms with Crippen molar-refractivity contribution in [2.24, 2.45) is 0 Å². The van der Waals surface area contributed by atoms with Crippen LogP contribution in [-0.2, 0) is 9.59 Å². The highest BCUT2D eigenvalue weighted by atomic mass is 32.1. The van der Waals surface area contributed by atoms with Gasteiger partial charge in [0.2, 0.25) is 11.8 Å². The number of anilines is 1. The number of rotatable bonds is 6. The van der Waals surface area contributed by atoms with E-state index in [2.05, 4.69) is 10.6 Å². The number of benzene rings is 1. The van der Waals surface area contributed by atoms with Crippen LogP contribution < -0.4 is 10.6 Å². The van der Waals surface area contributed by atoms with Gasteiger partial charge in [-0.2, -0.15) is 0 Å². The highest BCUT2D eigenvalue weighted by Gasteiger charge is 2.28. The molecule has 0 bridgehead atoms. The number of amides is 3. The number of carbonyl (C=O) groups excluding carboxylic acids is 3. The summed E-state index contributed by atoms with van der Waals surface area (Å²) in [6.07, 6.45) is 0. The Balaban J connectivity index is 1.45. The van der Waals surface area contributed by atoms with E-state index in [1.165, 1.54) is 11.3 Å². The fourth-order valence-corrected chi connectivity index (χ4v) is 3.86. The number of thiophene rings is 1. The standard InChI is InChI=1S/C20H21F3N4O3S/c1-12(26-6-8-27(9-7-26)20(30)15-3-2-10-31-15)19(29)24-11-16(28)25-14-5-4-13(21)17(22)18(14)23/h2-5,10,12H,6-9,11H2,1H3,(H,24,29)(H,25,28)/t12-/m0/s1. The summed E-state index contributed by atoms with van der Waals surface area (Å²) in [5.41, 5.74) is -0.516. The van der Waals surface area contributed by atoms with E-state index in [1.807, 2.05) is 16.3 Å². The first kappa shape index (κ1) is 22.8. The van der Waals surface area contributed by atoms with Crippen molar-refractivity contribution in [3.8, 4) is 0 Å². The number of halogens is 3. The van der Waals surface area contributed by atoms with Gasteiger partial charge in [0.15, 0.2) is 17.5 Å². The minimum absolute atomic E-state index is 0.0344. The maximum absolute atomic E-state index is 13.6. The molecule has 0 saturated carbocycles. The molecule has 2 aromatic rings. The normalized spacial score (nSPS) is 15.4. The highest BCUT2D eigenvalue weighted by molar-refractivity contribution is 7.12. The molecule has 0 unspecified atom stereocenters. The van der Waals surface area contributed by atoms with Crippen molar-refractivity contribution < 1.29 is 27.6 Å². The van der Waals surface area contributed by atoms with Crippen LogP contribution in [0.3, 0.4) is 0 Å². The van der Waals surface area contributed by atoms with E-state index in [9.17, 15) is 27.6 Å². The summed E-state index contributed by atoms with van der Waals surface area (Å²) in [5.74, 6) is -5.80. The van der Waals surface area contributed by atoms with E-state index < -0.39 is 47.5 Å². The third kappa shape index (κ3) is 5.42. The van der Waals surface area contributed by atoms with Gasteiger partial charge in [0.25, 0.3) is 5.91 Å². The van der Waals surface area contributed by atoms with E-state index in [0.717, 1.165) is 6.07 Å². The summed E-state index contributed by atoms with van der Waals surface area (Å²) in [4.78, 5) is 41.0. The van der Waals surface area contributed by atoms with Crippen LogP contribution in [-0.4, -0.2) is 66.3 Å². The van der Waals surface area contributed by atoms with Crippen LogP contribution >= 0.6 is 11.3 Å². The lowest BCUT2D eigenvalue weighted by Crippen LogP contribution is -2.55. The molecule has 1 atom stereocenters. The monoisotopic (exact) mass is 454 g/mol. The maximum Gasteiger partial charge on any atom is 0.264 e. The fraction of sp³-hybridized carbons (Fsp3) is 0.350. The van der Waals surface area contributed by atoms with Gasteiger partial charge in [-0.25, -0.2) is 13.2 Å². The Morgan fingerprint density at radius 2 is 1.77 bits per heavy atom. The summed E-state index contributed by atoms with van der Waals surface area (Å²) in [5, 5.41) is 6.37. The minimum Gasteiger partial charge on any atom is -0.346 e. The van der Waals surface area contributed by atoms with Gasteiger partial charge < -0.3 is 15.5 Å². The third-order valence-corrected chi connectivity index (χ3v) is 5.85. The zero-order valence-electron chi connectivity index (χ0n) is 16.7. The molecule has 0 aliphatic carbocycles. The molecule has 1 aromatic carbocycles. The van der Waals surface area contributed by atoms with Crippen LogP contribution in [0.15, 0.2) is 29.6 Å². The Morgan fingerprint density at radius 1 is 1.06 bits per heavy atom. The number of hydrogen-bond donors (Lipinski definition) is 2. The van der Waals surface area contributed by atoms with Crippen LogP contribution in [0, 0.1) is 17.5 Å². The number of carbonyl (C=O) groups is 3. The van der Waals surface area contributed by atoms with Gasteiger partial charge in [0.05, 0.1) is 23.2 Å². The van der Waals surface area contributed by atoms with Gasteiger partial charge >= 0.3 is 0 Å². The minimum atomic E-state index is -1.69. The quantitative estimate of drug-likeness (QED) is 0.655. The predicted molar refractivity (Wildman–Crippen MR) is 109 cm³/mol. The van der Waals surface area contributed by atoms with Crippen LogP contribution in [0.2, 0.25) is 0 Å². The Morgan fingerprint density at radius 3 is 2.42 bits per heavy atom. The van der Waals surface area contributed by atoms with E-state index in [0.29, 0.717) is 37.1 Å². The summed E-state index contributed by atoms with van der Waals surface area (Å²) in [7, 11) is 0. The molecule has 2 heterocycles. The van der Waals surface area contributed by atoms with Crippen molar-refractivity contribution in [3.63, 3.8) is 0 Å². The van der Waals surface area contributed by atoms with Gasteiger partial charge in [-0.15, -0.1) is 11.3 Å². The van der Waals surface area contributed by atoms with E-state index >= 15 is 0 Å². The lowest BCUT2D eigenvalue weighted by Gasteiger charge is -2.37. The zero-order valence-corrected chi connectivity index (χ0v) is 17.5. The second-order valence-corrected chi connectivity index (χ2v) is 7.92. The average Bonchev–Trinajstić information content (AvgIpc) is 3.32. The van der Waals surface area contributed by atoms with Crippen molar-refractivity contribution in [1.82, 2.24) is 15.1 Å². The third-order valence-electron chi connectivity index (χ3n) is 4.99. The van der Waals surface area contributed by atoms with Crippen LogP contribution in [0.5, 0.6) is 0 Å². The molecule has 1 aromatic heterocycles. The van der Waals surface area contributed by atoms with Crippen molar-refractivity contribution in [3.05, 3.63) is 52.0 Å². The van der Waals surface area contributed by atoms with Crippen LogP contribution in [0.1, 0.15) is 16.6 Å². The Kier molecular flexibility index (Phi) is 7.29. The molecule has 7 nitrogen and oxygen atoms in total. The van der Waals surface area contributed by atoms with Crippen molar-refractivity contribution in [2.45, 2.75) is 13.0 Å². The number of piperazine rings is 1. The fourth-order valence-electron chi connectivity index (χ4n) is 3.17. The highest BCUT2D eigenvalue weighted by Crippen LogP contribution is 2.19. The Bertz CT molecular complexity index is 963. The first-order valence-corrected chi connectivity index (χ1v) is 10.4. The molecular weight excluding hydrogens is 433 g/mol. The summed E-state index contributed by atoms with van der Waals surface area (Å²) in [6, 6.07) is 4.63. The summed E-state index contributed by atoms with van der Waals surface area (Å²) >= 11 is 1.38. The molecule has 166 valence electrons. The van der Waals surface area contributed by atoms with E-state index in [1.54, 1.807) is 17.9 Å². The molecule has 1 aliphatic heterocycles. The summed E-state index contributed by atoms with van der Waals surface area (Å²) in [6.45, 7) is 3.17. The zero-order chi connectivity index (χ0) is 22.5. The number of nitrogens with one attached hydrogen (secondary N) is 2. The van der Waals surface area contributed by atoms with Gasteiger partial charge in [0, 0.05) is 26.2 Å². The van der Waals surface area contributed by atoms with E-state index in [-0.39, 0.29) is 5.91 Å². The second kappa shape index (κ2) is 9.92. The molecule has 2 N–H and O–H groups in total. The molecule has 0 radical (unpaired) electrons.